The minimum atomic E-state index is -0.603. The Morgan fingerprint density at radius 1 is 0.952 bits per heavy atom. The zero-order valence-electron chi connectivity index (χ0n) is 25.4. The maximum absolute atomic E-state index is 14.4. The quantitative estimate of drug-likeness (QED) is 0.351. The molecule has 0 saturated heterocycles. The van der Waals surface area contributed by atoms with E-state index in [4.69, 9.17) is 9.47 Å². The number of carbonyl (C=O) groups is 3. The van der Waals surface area contributed by atoms with Crippen LogP contribution in [0.15, 0.2) is 54.7 Å². The number of carbonyl (C=O) groups excluding carboxylic acids is 3. The minimum absolute atomic E-state index is 0.168. The lowest BCUT2D eigenvalue weighted by Gasteiger charge is -2.33. The largest absolute Gasteiger partial charge is 0.462 e. The Morgan fingerprint density at radius 2 is 1.67 bits per heavy atom. The summed E-state index contributed by atoms with van der Waals surface area (Å²) in [7, 11) is 1.89. The first-order valence-corrected chi connectivity index (χ1v) is 14.4. The van der Waals surface area contributed by atoms with Crippen molar-refractivity contribution in [2.24, 2.45) is 7.05 Å². The smallest absolute Gasteiger partial charge is 0.410 e. The van der Waals surface area contributed by atoms with Crippen molar-refractivity contribution in [3.8, 4) is 11.3 Å². The summed E-state index contributed by atoms with van der Waals surface area (Å²) in [5.41, 5.74) is 7.55. The van der Waals surface area contributed by atoms with Crippen LogP contribution in [0.25, 0.3) is 11.3 Å². The maximum Gasteiger partial charge on any atom is 0.410 e. The molecule has 0 saturated carbocycles. The van der Waals surface area contributed by atoms with E-state index >= 15 is 0 Å². The van der Waals surface area contributed by atoms with E-state index in [0.29, 0.717) is 43.6 Å². The number of benzene rings is 2. The molecule has 42 heavy (non-hydrogen) atoms. The molecule has 1 aromatic heterocycles. The van der Waals surface area contributed by atoms with Crippen LogP contribution in [-0.2, 0) is 42.5 Å². The molecular formula is C34H39N3O5. The van der Waals surface area contributed by atoms with Crippen LogP contribution in [0.4, 0.5) is 4.79 Å². The second-order valence-corrected chi connectivity index (χ2v) is 12.0. The number of ether oxygens (including phenoxy) is 2. The van der Waals surface area contributed by atoms with E-state index < -0.39 is 11.6 Å². The molecule has 3 aromatic rings. The van der Waals surface area contributed by atoms with Crippen molar-refractivity contribution >= 4 is 18.0 Å². The molecule has 2 aliphatic heterocycles. The average molecular weight is 570 g/mol. The van der Waals surface area contributed by atoms with Crippen LogP contribution < -0.4 is 0 Å². The summed E-state index contributed by atoms with van der Waals surface area (Å²) in [6, 6.07) is 13.8. The van der Waals surface area contributed by atoms with Crippen LogP contribution in [0.2, 0.25) is 0 Å². The molecule has 2 amide bonds. The van der Waals surface area contributed by atoms with Gasteiger partial charge in [-0.15, -0.1) is 0 Å². The standard InChI is InChI=1S/C34H39N3O5/c1-8-41-32(39)27-18-30(35(7)22(27)3)28-16-24-13-14-36(33(40)42-34(4,5)6)19-26(24)17-29(28)31(38)37-20-25-12-10-9-11-23(25)15-21(37)2/h9-12,16-18H,2,8,13-15,19-20H2,1,3-7H3. The van der Waals surface area contributed by atoms with Gasteiger partial charge in [0.2, 0.25) is 0 Å². The summed E-state index contributed by atoms with van der Waals surface area (Å²) in [6.07, 6.45) is 0.835. The molecule has 0 spiro atoms. The van der Waals surface area contributed by atoms with Crippen molar-refractivity contribution in [3.05, 3.63) is 93.8 Å². The van der Waals surface area contributed by atoms with Crippen LogP contribution in [0.5, 0.6) is 0 Å². The molecule has 0 bridgehead atoms. The summed E-state index contributed by atoms with van der Waals surface area (Å²) in [6.45, 7) is 15.0. The molecule has 0 fully saturated rings. The van der Waals surface area contributed by atoms with Gasteiger partial charge in [-0.05, 0) is 81.5 Å². The third kappa shape index (κ3) is 5.58. The molecule has 5 rings (SSSR count). The van der Waals surface area contributed by atoms with Gasteiger partial charge in [-0.25, -0.2) is 9.59 Å². The number of fused-ring (bicyclic) bond motifs is 2. The second kappa shape index (κ2) is 11.2. The Bertz CT molecular complexity index is 1590. The Balaban J connectivity index is 1.60. The highest BCUT2D eigenvalue weighted by Gasteiger charge is 2.32. The third-order valence-corrected chi connectivity index (χ3v) is 8.01. The van der Waals surface area contributed by atoms with Crippen molar-refractivity contribution in [3.63, 3.8) is 0 Å². The maximum atomic E-state index is 14.4. The lowest BCUT2D eigenvalue weighted by molar-refractivity contribution is 0.0223. The number of hydrogen-bond acceptors (Lipinski definition) is 5. The Kier molecular flexibility index (Phi) is 7.75. The van der Waals surface area contributed by atoms with Crippen LogP contribution in [0.3, 0.4) is 0 Å². The fraction of sp³-hybridized carbons (Fsp3) is 0.382. The summed E-state index contributed by atoms with van der Waals surface area (Å²) < 4.78 is 12.9. The Hall–Kier alpha value is -4.33. The molecule has 0 unspecified atom stereocenters. The molecule has 0 atom stereocenters. The molecule has 0 radical (unpaired) electrons. The summed E-state index contributed by atoms with van der Waals surface area (Å²) >= 11 is 0. The number of esters is 1. The molecule has 8 nitrogen and oxygen atoms in total. The molecule has 0 N–H and O–H groups in total. The number of aromatic nitrogens is 1. The van der Waals surface area contributed by atoms with Crippen molar-refractivity contribution < 1.29 is 23.9 Å². The first-order valence-electron chi connectivity index (χ1n) is 14.4. The van der Waals surface area contributed by atoms with Crippen LogP contribution in [0, 0.1) is 6.92 Å². The van der Waals surface area contributed by atoms with Gasteiger partial charge in [-0.2, -0.15) is 0 Å². The molecule has 8 heteroatoms. The fourth-order valence-electron chi connectivity index (χ4n) is 5.70. The highest BCUT2D eigenvalue weighted by Crippen LogP contribution is 2.36. The fourth-order valence-corrected chi connectivity index (χ4v) is 5.70. The van der Waals surface area contributed by atoms with E-state index in [9.17, 15) is 14.4 Å². The molecule has 220 valence electrons. The van der Waals surface area contributed by atoms with Crippen molar-refractivity contribution in [1.29, 1.82) is 0 Å². The average Bonchev–Trinajstić information content (AvgIpc) is 3.24. The van der Waals surface area contributed by atoms with Gasteiger partial charge in [0.15, 0.2) is 0 Å². The molecule has 2 aromatic carbocycles. The topological polar surface area (TPSA) is 81.1 Å². The number of hydrogen-bond donors (Lipinski definition) is 0. The SMILES string of the molecule is C=C1Cc2ccccc2CN1C(=O)c1cc2c(cc1-c1cc(C(=O)OCC)c(C)n1C)CCN(C(=O)OC(C)(C)C)C2. The van der Waals surface area contributed by atoms with Gasteiger partial charge in [0.05, 0.1) is 18.7 Å². The second-order valence-electron chi connectivity index (χ2n) is 12.0. The van der Waals surface area contributed by atoms with Gasteiger partial charge in [-0.3, -0.25) is 4.79 Å². The molecular weight excluding hydrogens is 530 g/mol. The van der Waals surface area contributed by atoms with E-state index in [1.165, 1.54) is 5.56 Å². The Morgan fingerprint density at radius 3 is 2.36 bits per heavy atom. The zero-order valence-corrected chi connectivity index (χ0v) is 25.4. The van der Waals surface area contributed by atoms with E-state index in [-0.39, 0.29) is 18.6 Å². The van der Waals surface area contributed by atoms with E-state index in [1.54, 1.807) is 16.7 Å². The van der Waals surface area contributed by atoms with Gasteiger partial charge in [-0.1, -0.05) is 30.8 Å². The van der Waals surface area contributed by atoms with Crippen LogP contribution >= 0.6 is 0 Å². The molecule has 2 aliphatic rings. The number of allylic oxidation sites excluding steroid dienone is 1. The lowest BCUT2D eigenvalue weighted by atomic mass is 9.90. The monoisotopic (exact) mass is 569 g/mol. The zero-order chi connectivity index (χ0) is 30.3. The highest BCUT2D eigenvalue weighted by molar-refractivity contribution is 6.03. The summed E-state index contributed by atoms with van der Waals surface area (Å²) in [5, 5.41) is 0. The lowest BCUT2D eigenvalue weighted by Crippen LogP contribution is -2.40. The first-order chi connectivity index (χ1) is 19.9. The van der Waals surface area contributed by atoms with E-state index in [1.807, 2.05) is 75.7 Å². The first kappa shape index (κ1) is 29.2. The number of nitrogens with zero attached hydrogens (tertiary/aromatic N) is 3. The van der Waals surface area contributed by atoms with Gasteiger partial charge >= 0.3 is 12.1 Å². The van der Waals surface area contributed by atoms with E-state index in [2.05, 4.69) is 12.6 Å². The third-order valence-electron chi connectivity index (χ3n) is 8.01. The highest BCUT2D eigenvalue weighted by atomic mass is 16.6. The molecule has 3 heterocycles. The summed E-state index contributed by atoms with van der Waals surface area (Å²) in [4.78, 5) is 43.5. The van der Waals surface area contributed by atoms with Crippen LogP contribution in [-0.4, -0.2) is 51.1 Å². The Labute approximate surface area is 247 Å². The minimum Gasteiger partial charge on any atom is -0.462 e. The predicted octanol–water partition coefficient (Wildman–Crippen LogP) is 6.18. The molecule has 0 aliphatic carbocycles. The predicted molar refractivity (Wildman–Crippen MR) is 161 cm³/mol. The number of rotatable bonds is 4. The van der Waals surface area contributed by atoms with Crippen molar-refractivity contribution in [2.75, 3.05) is 13.2 Å². The van der Waals surface area contributed by atoms with E-state index in [0.717, 1.165) is 39.3 Å². The van der Waals surface area contributed by atoms with Gasteiger partial charge in [0, 0.05) is 54.8 Å². The van der Waals surface area contributed by atoms with Crippen molar-refractivity contribution in [1.82, 2.24) is 14.4 Å². The number of amides is 2. The van der Waals surface area contributed by atoms with Crippen molar-refractivity contribution in [2.45, 2.75) is 66.2 Å². The van der Waals surface area contributed by atoms with Crippen LogP contribution in [0.1, 0.15) is 76.4 Å². The van der Waals surface area contributed by atoms with Gasteiger partial charge < -0.3 is 23.8 Å². The normalized spacial score (nSPS) is 14.8. The van der Waals surface area contributed by atoms with Gasteiger partial charge in [0.25, 0.3) is 5.91 Å². The van der Waals surface area contributed by atoms with Gasteiger partial charge in [0.1, 0.15) is 5.60 Å². The summed E-state index contributed by atoms with van der Waals surface area (Å²) in [5.74, 6) is -0.560.